The number of aryl methyl sites for hydroxylation is 1. The summed E-state index contributed by atoms with van der Waals surface area (Å²) in [7, 11) is -2.53. The molecule has 0 unspecified atom stereocenters. The van der Waals surface area contributed by atoms with Crippen LogP contribution >= 0.6 is 0 Å². The van der Waals surface area contributed by atoms with Gasteiger partial charge in [0.05, 0.1) is 17.7 Å². The van der Waals surface area contributed by atoms with Crippen LogP contribution in [0, 0.1) is 6.92 Å². The van der Waals surface area contributed by atoms with E-state index in [1.807, 2.05) is 32.9 Å². The summed E-state index contributed by atoms with van der Waals surface area (Å²) in [5.41, 5.74) is 2.05. The number of rotatable bonds is 14. The lowest BCUT2D eigenvalue weighted by atomic mass is 10.1. The molecule has 0 saturated carbocycles. The number of carbonyl (C=O) groups excluding carboxylic acids is 2. The minimum absolute atomic E-state index is 0.0819. The Morgan fingerprint density at radius 1 is 0.950 bits per heavy atom. The Bertz CT molecular complexity index is 1360. The average Bonchev–Trinajstić information content (AvgIpc) is 2.96. The summed E-state index contributed by atoms with van der Waals surface area (Å²) in [5.74, 6) is -0.127. The summed E-state index contributed by atoms with van der Waals surface area (Å²) >= 11 is 0. The number of anilines is 1. The zero-order valence-electron chi connectivity index (χ0n) is 23.7. The minimum atomic E-state index is -4.09. The summed E-state index contributed by atoms with van der Waals surface area (Å²) in [6, 6.07) is 21.5. The Labute approximate surface area is 238 Å². The van der Waals surface area contributed by atoms with Crippen molar-refractivity contribution in [2.75, 3.05) is 24.5 Å². The van der Waals surface area contributed by atoms with E-state index < -0.39 is 28.5 Å². The highest BCUT2D eigenvalue weighted by Gasteiger charge is 2.33. The SMILES string of the molecule is CCCCNC(=O)[C@H](CC)N(Cc1cccc(OC)c1)C(=O)CN(c1ccccc1)S(=O)(=O)c1ccc(C)cc1. The topological polar surface area (TPSA) is 96.0 Å². The Balaban J connectivity index is 2.01. The quantitative estimate of drug-likeness (QED) is 0.280. The fourth-order valence-electron chi connectivity index (χ4n) is 4.35. The second-order valence-corrected chi connectivity index (χ2v) is 11.5. The summed E-state index contributed by atoms with van der Waals surface area (Å²) < 4.78 is 34.2. The number of unbranched alkanes of at least 4 members (excludes halogenated alkanes) is 1. The molecule has 3 aromatic rings. The molecule has 0 aliphatic rings. The van der Waals surface area contributed by atoms with E-state index in [0.29, 0.717) is 24.4 Å². The van der Waals surface area contributed by atoms with E-state index in [1.54, 1.807) is 61.7 Å². The zero-order valence-corrected chi connectivity index (χ0v) is 24.5. The van der Waals surface area contributed by atoms with E-state index >= 15 is 0 Å². The molecule has 2 amide bonds. The maximum absolute atomic E-state index is 14.1. The molecule has 0 aliphatic heterocycles. The van der Waals surface area contributed by atoms with Gasteiger partial charge in [-0.05, 0) is 61.7 Å². The highest BCUT2D eigenvalue weighted by Crippen LogP contribution is 2.25. The molecule has 0 saturated heterocycles. The van der Waals surface area contributed by atoms with Gasteiger partial charge in [0.15, 0.2) is 0 Å². The van der Waals surface area contributed by atoms with Crippen LogP contribution in [0.3, 0.4) is 0 Å². The van der Waals surface area contributed by atoms with Gasteiger partial charge in [-0.25, -0.2) is 8.42 Å². The van der Waals surface area contributed by atoms with Crippen molar-refractivity contribution in [1.29, 1.82) is 0 Å². The number of para-hydroxylation sites is 1. The van der Waals surface area contributed by atoms with E-state index in [1.165, 1.54) is 17.0 Å². The Kier molecular flexibility index (Phi) is 11.1. The molecule has 214 valence electrons. The molecule has 0 aromatic heterocycles. The highest BCUT2D eigenvalue weighted by atomic mass is 32.2. The van der Waals surface area contributed by atoms with Gasteiger partial charge in [-0.15, -0.1) is 0 Å². The van der Waals surface area contributed by atoms with Crippen LogP contribution in [0.25, 0.3) is 0 Å². The van der Waals surface area contributed by atoms with Gasteiger partial charge in [-0.2, -0.15) is 0 Å². The van der Waals surface area contributed by atoms with Gasteiger partial charge in [-0.3, -0.25) is 13.9 Å². The molecule has 8 nitrogen and oxygen atoms in total. The molecule has 0 fully saturated rings. The van der Waals surface area contributed by atoms with Crippen molar-refractivity contribution in [1.82, 2.24) is 10.2 Å². The van der Waals surface area contributed by atoms with E-state index in [2.05, 4.69) is 5.32 Å². The number of sulfonamides is 1. The fraction of sp³-hybridized carbons (Fsp3) is 0.355. The van der Waals surface area contributed by atoms with Crippen molar-refractivity contribution >= 4 is 27.5 Å². The fourth-order valence-corrected chi connectivity index (χ4v) is 5.77. The number of amides is 2. The standard InChI is InChI=1S/C31H39N3O5S/c1-5-7-20-32-31(36)29(6-2)33(22-25-12-11-15-27(21-25)39-4)30(35)23-34(26-13-9-8-10-14-26)40(37,38)28-18-16-24(3)17-19-28/h8-19,21,29H,5-7,20,22-23H2,1-4H3,(H,32,36)/t29-/m0/s1. The number of carbonyl (C=O) groups is 2. The number of hydrogen-bond acceptors (Lipinski definition) is 5. The normalized spacial score (nSPS) is 11.9. The smallest absolute Gasteiger partial charge is 0.264 e. The second kappa shape index (κ2) is 14.5. The summed E-state index contributed by atoms with van der Waals surface area (Å²) in [6.45, 7) is 5.90. The first kappa shape index (κ1) is 30.7. The van der Waals surface area contributed by atoms with Crippen molar-refractivity contribution in [2.24, 2.45) is 0 Å². The van der Waals surface area contributed by atoms with Crippen LogP contribution in [-0.4, -0.2) is 51.4 Å². The van der Waals surface area contributed by atoms with Crippen LogP contribution in [0.1, 0.15) is 44.2 Å². The van der Waals surface area contributed by atoms with E-state index in [4.69, 9.17) is 4.74 Å². The lowest BCUT2D eigenvalue weighted by Gasteiger charge is -2.33. The minimum Gasteiger partial charge on any atom is -0.497 e. The number of ether oxygens (including phenoxy) is 1. The number of benzene rings is 3. The van der Waals surface area contributed by atoms with Crippen LogP contribution in [0.15, 0.2) is 83.8 Å². The summed E-state index contributed by atoms with van der Waals surface area (Å²) in [5, 5.41) is 2.94. The molecule has 1 atom stereocenters. The zero-order chi connectivity index (χ0) is 29.1. The third-order valence-corrected chi connectivity index (χ3v) is 8.42. The van der Waals surface area contributed by atoms with Gasteiger partial charge in [0.25, 0.3) is 10.0 Å². The monoisotopic (exact) mass is 565 g/mol. The molecular weight excluding hydrogens is 526 g/mol. The van der Waals surface area contributed by atoms with Gasteiger partial charge in [0.1, 0.15) is 18.3 Å². The van der Waals surface area contributed by atoms with Gasteiger partial charge >= 0.3 is 0 Å². The molecule has 0 heterocycles. The maximum Gasteiger partial charge on any atom is 0.264 e. The van der Waals surface area contributed by atoms with Crippen LogP contribution in [0.4, 0.5) is 5.69 Å². The number of methoxy groups -OCH3 is 1. The third-order valence-electron chi connectivity index (χ3n) is 6.63. The predicted molar refractivity (Wildman–Crippen MR) is 158 cm³/mol. The molecule has 3 aromatic carbocycles. The molecule has 0 spiro atoms. The number of hydrogen-bond donors (Lipinski definition) is 1. The maximum atomic E-state index is 14.1. The predicted octanol–water partition coefficient (Wildman–Crippen LogP) is 4.92. The molecule has 40 heavy (non-hydrogen) atoms. The van der Waals surface area contributed by atoms with Crippen molar-refractivity contribution in [3.05, 3.63) is 90.0 Å². The van der Waals surface area contributed by atoms with Crippen LogP contribution in [0.5, 0.6) is 5.75 Å². The van der Waals surface area contributed by atoms with E-state index in [-0.39, 0.29) is 17.3 Å². The van der Waals surface area contributed by atoms with E-state index in [0.717, 1.165) is 28.3 Å². The lowest BCUT2D eigenvalue weighted by Crippen LogP contribution is -2.52. The molecule has 0 aliphatic carbocycles. The van der Waals surface area contributed by atoms with Crippen LogP contribution < -0.4 is 14.4 Å². The first-order valence-electron chi connectivity index (χ1n) is 13.6. The highest BCUT2D eigenvalue weighted by molar-refractivity contribution is 7.92. The van der Waals surface area contributed by atoms with Crippen LogP contribution in [0.2, 0.25) is 0 Å². The van der Waals surface area contributed by atoms with Gasteiger partial charge < -0.3 is 15.0 Å². The Morgan fingerprint density at radius 2 is 1.65 bits per heavy atom. The molecule has 1 N–H and O–H groups in total. The first-order valence-corrected chi connectivity index (χ1v) is 15.0. The average molecular weight is 566 g/mol. The lowest BCUT2D eigenvalue weighted by molar-refractivity contribution is -0.140. The first-order chi connectivity index (χ1) is 19.2. The molecule has 0 bridgehead atoms. The largest absolute Gasteiger partial charge is 0.497 e. The Hall–Kier alpha value is -3.85. The third kappa shape index (κ3) is 7.85. The van der Waals surface area contributed by atoms with Gasteiger partial charge in [-0.1, -0.05) is 68.3 Å². The van der Waals surface area contributed by atoms with Crippen molar-refractivity contribution in [3.8, 4) is 5.75 Å². The van der Waals surface area contributed by atoms with Crippen LogP contribution in [-0.2, 0) is 26.2 Å². The summed E-state index contributed by atoms with van der Waals surface area (Å²) in [4.78, 5) is 28.9. The second-order valence-electron chi connectivity index (χ2n) is 9.60. The van der Waals surface area contributed by atoms with Crippen molar-refractivity contribution in [3.63, 3.8) is 0 Å². The van der Waals surface area contributed by atoms with Crippen molar-refractivity contribution < 1.29 is 22.7 Å². The molecule has 0 radical (unpaired) electrons. The molecule has 3 rings (SSSR count). The molecule has 9 heteroatoms. The van der Waals surface area contributed by atoms with E-state index in [9.17, 15) is 18.0 Å². The number of nitrogens with zero attached hydrogens (tertiary/aromatic N) is 2. The van der Waals surface area contributed by atoms with Crippen molar-refractivity contribution in [2.45, 2.75) is 57.5 Å². The Morgan fingerprint density at radius 3 is 2.27 bits per heavy atom. The molecular formula is C31H39N3O5S. The summed E-state index contributed by atoms with van der Waals surface area (Å²) in [6.07, 6.45) is 2.11. The number of nitrogens with one attached hydrogen (secondary N) is 1. The van der Waals surface area contributed by atoms with Gasteiger partial charge in [0.2, 0.25) is 11.8 Å². The van der Waals surface area contributed by atoms with Gasteiger partial charge in [0, 0.05) is 13.1 Å².